The molecule has 1 aromatic rings. The third kappa shape index (κ3) is 2.56. The highest BCUT2D eigenvalue weighted by Crippen LogP contribution is 2.44. The summed E-state index contributed by atoms with van der Waals surface area (Å²) in [6.45, 7) is 0.473. The summed E-state index contributed by atoms with van der Waals surface area (Å²) in [4.78, 5) is 11.8. The Morgan fingerprint density at radius 3 is 2.70 bits per heavy atom. The molecule has 0 aromatic carbocycles. The van der Waals surface area contributed by atoms with Crippen LogP contribution in [0.4, 0.5) is 18.9 Å². The maximum Gasteiger partial charge on any atom is 0.408 e. The second kappa shape index (κ2) is 4.73. The summed E-state index contributed by atoms with van der Waals surface area (Å²) in [6, 6.07) is 0.271. The van der Waals surface area contributed by atoms with Gasteiger partial charge in [0.1, 0.15) is 11.0 Å². The van der Waals surface area contributed by atoms with Gasteiger partial charge in [-0.3, -0.25) is 4.79 Å². The number of fused-ring (bicyclic) bond motifs is 1. The van der Waals surface area contributed by atoms with E-state index in [-0.39, 0.29) is 10.5 Å². The Balaban J connectivity index is 1.77. The van der Waals surface area contributed by atoms with E-state index in [4.69, 9.17) is 0 Å². The highest BCUT2D eigenvalue weighted by molar-refractivity contribution is 9.10. The van der Waals surface area contributed by atoms with Gasteiger partial charge in [-0.1, -0.05) is 0 Å². The summed E-state index contributed by atoms with van der Waals surface area (Å²) < 4.78 is 37.4. The fourth-order valence-corrected chi connectivity index (χ4v) is 3.08. The lowest BCUT2D eigenvalue weighted by Crippen LogP contribution is -2.31. The first-order valence-corrected chi connectivity index (χ1v) is 6.96. The molecule has 2 fully saturated rings. The van der Waals surface area contributed by atoms with Gasteiger partial charge < -0.3 is 10.6 Å². The van der Waals surface area contributed by atoms with Crippen molar-refractivity contribution in [2.24, 2.45) is 11.8 Å². The fourth-order valence-electron chi connectivity index (χ4n) is 2.66. The monoisotopic (exact) mass is 352 g/mol. The Hall–Kier alpha value is -1.09. The summed E-state index contributed by atoms with van der Waals surface area (Å²) in [7, 11) is 0. The smallest absolute Gasteiger partial charge is 0.379 e. The van der Waals surface area contributed by atoms with Gasteiger partial charge >= 0.3 is 6.18 Å². The largest absolute Gasteiger partial charge is 0.408 e. The number of nitrogens with one attached hydrogen (secondary N) is 2. The Bertz CT molecular complexity index is 578. The van der Waals surface area contributed by atoms with Crippen molar-refractivity contribution in [1.29, 1.82) is 0 Å². The van der Waals surface area contributed by atoms with Gasteiger partial charge in [0.15, 0.2) is 0 Å². The zero-order chi connectivity index (χ0) is 14.5. The third-order valence-electron chi connectivity index (χ3n) is 3.73. The van der Waals surface area contributed by atoms with E-state index in [0.717, 1.165) is 13.1 Å². The average molecular weight is 353 g/mol. The van der Waals surface area contributed by atoms with E-state index in [2.05, 4.69) is 31.7 Å². The average Bonchev–Trinajstić information content (AvgIpc) is 2.80. The van der Waals surface area contributed by atoms with E-state index in [1.54, 1.807) is 0 Å². The quantitative estimate of drug-likeness (QED) is 0.858. The van der Waals surface area contributed by atoms with Gasteiger partial charge in [0.05, 0.1) is 11.9 Å². The van der Waals surface area contributed by atoms with E-state index >= 15 is 0 Å². The first-order chi connectivity index (χ1) is 9.37. The van der Waals surface area contributed by atoms with Crippen molar-refractivity contribution < 1.29 is 13.2 Å². The third-order valence-corrected chi connectivity index (χ3v) is 4.49. The van der Waals surface area contributed by atoms with Crippen LogP contribution in [0.15, 0.2) is 15.5 Å². The lowest BCUT2D eigenvalue weighted by Gasteiger charge is -2.13. The molecule has 3 rings (SSSR count). The molecule has 2 aliphatic rings. The van der Waals surface area contributed by atoms with Crippen LogP contribution in [0.25, 0.3) is 0 Å². The summed E-state index contributed by atoms with van der Waals surface area (Å²) in [5.41, 5.74) is -0.330. The molecular weight excluding hydrogens is 341 g/mol. The first kappa shape index (κ1) is 13.9. The fraction of sp³-hybridized carbons (Fsp3) is 0.636. The molecule has 110 valence electrons. The molecule has 0 amide bonds. The number of rotatable bonds is 3. The molecular formula is C11H12BrF3N4O. The molecule has 0 spiro atoms. The van der Waals surface area contributed by atoms with Crippen LogP contribution >= 0.6 is 15.9 Å². The summed E-state index contributed by atoms with van der Waals surface area (Å²) in [5, 5.41) is 9.99. The zero-order valence-electron chi connectivity index (χ0n) is 10.2. The van der Waals surface area contributed by atoms with E-state index in [1.165, 1.54) is 6.20 Å². The molecule has 1 aromatic heterocycles. The van der Waals surface area contributed by atoms with E-state index < -0.39 is 18.3 Å². The van der Waals surface area contributed by atoms with E-state index in [0.29, 0.717) is 22.2 Å². The number of anilines is 1. The minimum atomic E-state index is -4.47. The van der Waals surface area contributed by atoms with Crippen LogP contribution in [0.3, 0.4) is 0 Å². The number of halogens is 4. The van der Waals surface area contributed by atoms with E-state index in [1.807, 2.05) is 0 Å². The SMILES string of the molecule is O=c1c(Br)c(NC2C3CNCC32)cnn1CC(F)(F)F. The van der Waals surface area contributed by atoms with Gasteiger partial charge in [-0.15, -0.1) is 0 Å². The maximum atomic E-state index is 12.3. The number of alkyl halides is 3. The number of hydrogen-bond donors (Lipinski definition) is 2. The molecule has 1 aliphatic carbocycles. The van der Waals surface area contributed by atoms with Crippen LogP contribution in [0, 0.1) is 11.8 Å². The molecule has 0 bridgehead atoms. The van der Waals surface area contributed by atoms with Gasteiger partial charge in [-0.05, 0) is 27.8 Å². The van der Waals surface area contributed by atoms with Crippen molar-refractivity contribution >= 4 is 21.6 Å². The molecule has 2 N–H and O–H groups in total. The molecule has 5 nitrogen and oxygen atoms in total. The molecule has 1 saturated carbocycles. The van der Waals surface area contributed by atoms with Crippen LogP contribution in [-0.4, -0.2) is 35.1 Å². The maximum absolute atomic E-state index is 12.3. The van der Waals surface area contributed by atoms with Crippen molar-refractivity contribution in [3.63, 3.8) is 0 Å². The molecule has 9 heteroatoms. The predicted octanol–water partition coefficient (Wildman–Crippen LogP) is 1.20. The summed E-state index contributed by atoms with van der Waals surface area (Å²) in [6.07, 6.45) is -3.21. The second-order valence-electron chi connectivity index (χ2n) is 5.11. The van der Waals surface area contributed by atoms with Crippen LogP contribution in [0.2, 0.25) is 0 Å². The number of aromatic nitrogens is 2. The Morgan fingerprint density at radius 1 is 1.45 bits per heavy atom. The highest BCUT2D eigenvalue weighted by Gasteiger charge is 2.53. The van der Waals surface area contributed by atoms with Crippen molar-refractivity contribution in [2.75, 3.05) is 18.4 Å². The molecule has 1 aliphatic heterocycles. The zero-order valence-corrected chi connectivity index (χ0v) is 11.8. The molecule has 2 heterocycles. The summed E-state index contributed by atoms with van der Waals surface area (Å²) in [5.74, 6) is 1.05. The topological polar surface area (TPSA) is 59.0 Å². The first-order valence-electron chi connectivity index (χ1n) is 6.16. The molecule has 2 unspecified atom stereocenters. The molecule has 0 radical (unpaired) electrons. The van der Waals surface area contributed by atoms with Crippen LogP contribution < -0.4 is 16.2 Å². The van der Waals surface area contributed by atoms with Gasteiger partial charge in [-0.25, -0.2) is 4.68 Å². The van der Waals surface area contributed by atoms with Crippen LogP contribution in [0.1, 0.15) is 0 Å². The molecule has 20 heavy (non-hydrogen) atoms. The Morgan fingerprint density at radius 2 is 2.10 bits per heavy atom. The summed E-state index contributed by atoms with van der Waals surface area (Å²) >= 11 is 3.06. The minimum absolute atomic E-state index is 0.0923. The van der Waals surface area contributed by atoms with Crippen LogP contribution in [0.5, 0.6) is 0 Å². The van der Waals surface area contributed by atoms with Crippen molar-refractivity contribution in [3.8, 4) is 0 Å². The van der Waals surface area contributed by atoms with Crippen molar-refractivity contribution in [3.05, 3.63) is 21.0 Å². The van der Waals surface area contributed by atoms with Gasteiger partial charge in [0, 0.05) is 19.1 Å². The minimum Gasteiger partial charge on any atom is -0.379 e. The predicted molar refractivity (Wildman–Crippen MR) is 69.5 cm³/mol. The highest BCUT2D eigenvalue weighted by atomic mass is 79.9. The van der Waals surface area contributed by atoms with Crippen molar-refractivity contribution in [2.45, 2.75) is 18.8 Å². The van der Waals surface area contributed by atoms with Gasteiger partial charge in [0.2, 0.25) is 0 Å². The number of piperidine rings is 1. The Labute approximate surface area is 120 Å². The normalized spacial score (nSPS) is 28.3. The molecule has 1 saturated heterocycles. The van der Waals surface area contributed by atoms with Crippen molar-refractivity contribution in [1.82, 2.24) is 15.1 Å². The number of hydrogen-bond acceptors (Lipinski definition) is 4. The standard InChI is InChI=1S/C11H12BrF3N4O/c12-8-7(18-9-5-1-16-2-6(5)9)3-17-19(10(8)20)4-11(13,14)15/h3,5-6,9,16,18H,1-2,4H2. The Kier molecular flexibility index (Phi) is 3.28. The lowest BCUT2D eigenvalue weighted by atomic mass is 10.4. The lowest BCUT2D eigenvalue weighted by molar-refractivity contribution is -0.143. The molecule has 2 atom stereocenters. The number of nitrogens with zero attached hydrogens (tertiary/aromatic N) is 2. The van der Waals surface area contributed by atoms with Crippen LogP contribution in [-0.2, 0) is 6.54 Å². The second-order valence-corrected chi connectivity index (χ2v) is 5.90. The van der Waals surface area contributed by atoms with E-state index in [9.17, 15) is 18.0 Å². The van der Waals surface area contributed by atoms with Gasteiger partial charge in [0.25, 0.3) is 5.56 Å². The van der Waals surface area contributed by atoms with Gasteiger partial charge in [-0.2, -0.15) is 18.3 Å².